The van der Waals surface area contributed by atoms with E-state index in [9.17, 15) is 13.2 Å². The topological polar surface area (TPSA) is 27.0 Å². The first-order valence-electron chi connectivity index (χ1n) is 5.22. The number of benzene rings is 1. The second-order valence-corrected chi connectivity index (χ2v) is 3.76. The van der Waals surface area contributed by atoms with Gasteiger partial charge in [-0.1, -0.05) is 6.92 Å². The summed E-state index contributed by atoms with van der Waals surface area (Å²) >= 11 is 0. The molecule has 0 unspecified atom stereocenters. The summed E-state index contributed by atoms with van der Waals surface area (Å²) in [6.07, 6.45) is -3.55. The zero-order chi connectivity index (χ0) is 13.1. The lowest BCUT2D eigenvalue weighted by Gasteiger charge is -2.20. The van der Waals surface area contributed by atoms with E-state index in [4.69, 9.17) is 5.26 Å². The number of halogens is 3. The number of alkyl halides is 3. The lowest BCUT2D eigenvalue weighted by Crippen LogP contribution is -2.19. The number of rotatable bonds is 3. The highest BCUT2D eigenvalue weighted by Gasteiger charge is 2.31. The van der Waals surface area contributed by atoms with Gasteiger partial charge in [0.2, 0.25) is 0 Å². The Morgan fingerprint density at radius 3 is 2.47 bits per heavy atom. The summed E-state index contributed by atoms with van der Waals surface area (Å²) in [6.45, 7) is 2.66. The molecule has 0 bridgehead atoms. The van der Waals surface area contributed by atoms with Gasteiger partial charge < -0.3 is 4.90 Å². The first-order chi connectivity index (χ1) is 7.90. The van der Waals surface area contributed by atoms with Crippen LogP contribution in [0.5, 0.6) is 0 Å². The second kappa shape index (κ2) is 5.09. The molecule has 0 fully saturated rings. The van der Waals surface area contributed by atoms with Crippen LogP contribution in [0.2, 0.25) is 0 Å². The molecule has 1 aromatic carbocycles. The van der Waals surface area contributed by atoms with E-state index in [-0.39, 0.29) is 5.56 Å². The number of hydrogen-bond donors (Lipinski definition) is 0. The van der Waals surface area contributed by atoms with Gasteiger partial charge in [0.05, 0.1) is 16.8 Å². The molecule has 0 aliphatic carbocycles. The van der Waals surface area contributed by atoms with E-state index in [1.165, 1.54) is 6.07 Å². The third kappa shape index (κ3) is 3.13. The Balaban J connectivity index is 3.16. The van der Waals surface area contributed by atoms with Crippen LogP contribution in [0.15, 0.2) is 18.2 Å². The highest BCUT2D eigenvalue weighted by atomic mass is 19.4. The molecule has 0 atom stereocenters. The van der Waals surface area contributed by atoms with E-state index in [0.29, 0.717) is 12.2 Å². The number of nitriles is 1. The van der Waals surface area contributed by atoms with Crippen molar-refractivity contribution in [2.24, 2.45) is 0 Å². The van der Waals surface area contributed by atoms with Gasteiger partial charge in [-0.05, 0) is 24.6 Å². The Kier molecular flexibility index (Phi) is 4.00. The molecule has 17 heavy (non-hydrogen) atoms. The maximum Gasteiger partial charge on any atom is 0.416 e. The monoisotopic (exact) mass is 242 g/mol. The van der Waals surface area contributed by atoms with Crippen LogP contribution in [-0.4, -0.2) is 13.6 Å². The zero-order valence-electron chi connectivity index (χ0n) is 9.67. The van der Waals surface area contributed by atoms with E-state index in [1.807, 2.05) is 6.92 Å². The predicted octanol–water partition coefficient (Wildman–Crippen LogP) is 3.42. The van der Waals surface area contributed by atoms with Gasteiger partial charge in [-0.15, -0.1) is 0 Å². The molecule has 0 saturated carbocycles. The summed E-state index contributed by atoms with van der Waals surface area (Å²) in [5, 5.41) is 8.88. The van der Waals surface area contributed by atoms with Crippen LogP contribution >= 0.6 is 0 Å². The van der Waals surface area contributed by atoms with Crippen molar-refractivity contribution >= 4 is 5.69 Å². The van der Waals surface area contributed by atoms with Crippen molar-refractivity contribution in [1.82, 2.24) is 0 Å². The van der Waals surface area contributed by atoms with Crippen molar-refractivity contribution in [2.75, 3.05) is 18.5 Å². The van der Waals surface area contributed by atoms with Gasteiger partial charge in [0, 0.05) is 13.6 Å². The van der Waals surface area contributed by atoms with Gasteiger partial charge in [-0.3, -0.25) is 0 Å². The summed E-state index contributed by atoms with van der Waals surface area (Å²) < 4.78 is 37.4. The third-order valence-electron chi connectivity index (χ3n) is 2.41. The van der Waals surface area contributed by atoms with Gasteiger partial charge >= 0.3 is 6.18 Å². The summed E-state index contributed by atoms with van der Waals surface area (Å²) in [4.78, 5) is 1.78. The normalized spacial score (nSPS) is 11.1. The molecule has 0 saturated heterocycles. The smallest absolute Gasteiger partial charge is 0.374 e. The third-order valence-corrected chi connectivity index (χ3v) is 2.41. The summed E-state index contributed by atoms with van der Waals surface area (Å²) in [5.74, 6) is 0. The van der Waals surface area contributed by atoms with Crippen molar-refractivity contribution < 1.29 is 13.2 Å². The van der Waals surface area contributed by atoms with E-state index >= 15 is 0 Å². The van der Waals surface area contributed by atoms with E-state index < -0.39 is 11.7 Å². The van der Waals surface area contributed by atoms with Crippen molar-refractivity contribution in [2.45, 2.75) is 19.5 Å². The van der Waals surface area contributed by atoms with Gasteiger partial charge in [0.15, 0.2) is 0 Å². The van der Waals surface area contributed by atoms with Crippen molar-refractivity contribution in [3.8, 4) is 6.07 Å². The number of hydrogen-bond acceptors (Lipinski definition) is 2. The molecule has 5 heteroatoms. The summed E-state index contributed by atoms with van der Waals surface area (Å²) in [5.41, 5.74) is -0.208. The lowest BCUT2D eigenvalue weighted by atomic mass is 10.1. The Labute approximate surface area is 98.3 Å². The molecule has 0 aliphatic heterocycles. The molecule has 1 aromatic rings. The minimum absolute atomic E-state index is 0.0516. The molecule has 0 heterocycles. The Morgan fingerprint density at radius 2 is 2.00 bits per heavy atom. The Bertz CT molecular complexity index is 432. The molecule has 0 spiro atoms. The molecule has 92 valence electrons. The van der Waals surface area contributed by atoms with Crippen LogP contribution in [-0.2, 0) is 6.18 Å². The number of anilines is 1. The molecule has 0 aliphatic rings. The summed E-state index contributed by atoms with van der Waals surface area (Å²) in [6, 6.07) is 5.04. The van der Waals surface area contributed by atoms with Gasteiger partial charge in [0.25, 0.3) is 0 Å². The average Bonchev–Trinajstić information content (AvgIpc) is 2.27. The molecular weight excluding hydrogens is 229 g/mol. The van der Waals surface area contributed by atoms with Gasteiger partial charge in [-0.25, -0.2) is 0 Å². The zero-order valence-corrected chi connectivity index (χ0v) is 9.67. The summed E-state index contributed by atoms with van der Waals surface area (Å²) in [7, 11) is 1.76. The predicted molar refractivity (Wildman–Crippen MR) is 59.7 cm³/mol. The van der Waals surface area contributed by atoms with E-state index in [2.05, 4.69) is 0 Å². The first-order valence-corrected chi connectivity index (χ1v) is 5.22. The average molecular weight is 242 g/mol. The maximum atomic E-state index is 12.5. The Hall–Kier alpha value is -1.70. The van der Waals surface area contributed by atoms with Gasteiger partial charge in [0.1, 0.15) is 6.07 Å². The van der Waals surface area contributed by atoms with Crippen molar-refractivity contribution in [3.05, 3.63) is 29.3 Å². The van der Waals surface area contributed by atoms with E-state index in [1.54, 1.807) is 18.0 Å². The molecule has 2 nitrogen and oxygen atoms in total. The maximum absolute atomic E-state index is 12.5. The molecule has 1 rings (SSSR count). The minimum atomic E-state index is -4.41. The molecule has 0 aromatic heterocycles. The van der Waals surface area contributed by atoms with Crippen LogP contribution < -0.4 is 4.90 Å². The van der Waals surface area contributed by atoms with Gasteiger partial charge in [-0.2, -0.15) is 18.4 Å². The fraction of sp³-hybridized carbons (Fsp3) is 0.417. The minimum Gasteiger partial charge on any atom is -0.374 e. The fourth-order valence-electron chi connectivity index (χ4n) is 1.59. The van der Waals surface area contributed by atoms with Crippen LogP contribution in [0.3, 0.4) is 0 Å². The number of nitrogens with zero attached hydrogens (tertiary/aromatic N) is 2. The molecule has 0 radical (unpaired) electrons. The highest BCUT2D eigenvalue weighted by Crippen LogP contribution is 2.32. The molecule has 0 amide bonds. The SMILES string of the molecule is CCCN(C)c1ccc(C(F)(F)F)cc1C#N. The van der Waals surface area contributed by atoms with Crippen LogP contribution in [0, 0.1) is 11.3 Å². The quantitative estimate of drug-likeness (QED) is 0.812. The standard InChI is InChI=1S/C12H13F3N2/c1-3-6-17(2)11-5-4-10(12(13,14)15)7-9(11)8-16/h4-5,7H,3,6H2,1-2H3. The lowest BCUT2D eigenvalue weighted by molar-refractivity contribution is -0.137. The highest BCUT2D eigenvalue weighted by molar-refractivity contribution is 5.60. The van der Waals surface area contributed by atoms with Crippen molar-refractivity contribution in [1.29, 1.82) is 5.26 Å². The van der Waals surface area contributed by atoms with Crippen LogP contribution in [0.4, 0.5) is 18.9 Å². The molecular formula is C12H13F3N2. The van der Waals surface area contributed by atoms with Crippen LogP contribution in [0.25, 0.3) is 0 Å². The first kappa shape index (κ1) is 13.4. The van der Waals surface area contributed by atoms with E-state index in [0.717, 1.165) is 18.6 Å². The second-order valence-electron chi connectivity index (χ2n) is 3.76. The largest absolute Gasteiger partial charge is 0.416 e. The Morgan fingerprint density at radius 1 is 1.35 bits per heavy atom. The van der Waals surface area contributed by atoms with Crippen molar-refractivity contribution in [3.63, 3.8) is 0 Å². The van der Waals surface area contributed by atoms with Crippen LogP contribution in [0.1, 0.15) is 24.5 Å². The molecule has 0 N–H and O–H groups in total. The fourth-order valence-corrected chi connectivity index (χ4v) is 1.59.